The Morgan fingerprint density at radius 3 is 2.42 bits per heavy atom. The number of hydrogen-bond acceptors (Lipinski definition) is 0. The molecule has 0 heteroatoms. The van der Waals surface area contributed by atoms with Crippen molar-refractivity contribution < 1.29 is 0 Å². The van der Waals surface area contributed by atoms with Crippen molar-refractivity contribution in [2.75, 3.05) is 0 Å². The van der Waals surface area contributed by atoms with Crippen LogP contribution >= 0.6 is 0 Å². The molecule has 0 bridgehead atoms. The fraction of sp³-hybridized carbons (Fsp3) is 0.871. The lowest BCUT2D eigenvalue weighted by Gasteiger charge is -2.44. The minimum atomic E-state index is 0.533. The van der Waals surface area contributed by atoms with Gasteiger partial charge in [-0.3, -0.25) is 0 Å². The Morgan fingerprint density at radius 1 is 1.03 bits per heavy atom. The summed E-state index contributed by atoms with van der Waals surface area (Å²) in [5, 5.41) is 0. The lowest BCUT2D eigenvalue weighted by molar-refractivity contribution is 0.111. The largest absolute Gasteiger partial charge is 0.0852 e. The molecule has 0 amide bonds. The summed E-state index contributed by atoms with van der Waals surface area (Å²) in [5.41, 5.74) is 2.38. The Morgan fingerprint density at radius 2 is 1.77 bits per heavy atom. The Labute approximate surface area is 196 Å². The Bertz CT molecular complexity index is 567. The zero-order valence-electron chi connectivity index (χ0n) is 22.6. The van der Waals surface area contributed by atoms with Crippen LogP contribution < -0.4 is 0 Å². The van der Waals surface area contributed by atoms with Crippen LogP contribution in [0.1, 0.15) is 126 Å². The molecule has 0 radical (unpaired) electrons. The normalized spacial score (nSPS) is 31.8. The highest BCUT2D eigenvalue weighted by atomic mass is 14.5. The van der Waals surface area contributed by atoms with Crippen LogP contribution in [0.3, 0.4) is 0 Å². The van der Waals surface area contributed by atoms with E-state index in [1.54, 1.807) is 0 Å². The van der Waals surface area contributed by atoms with Crippen molar-refractivity contribution in [3.05, 3.63) is 23.8 Å². The lowest BCUT2D eigenvalue weighted by atomic mass is 9.61. The molecule has 2 aliphatic rings. The van der Waals surface area contributed by atoms with E-state index < -0.39 is 0 Å². The van der Waals surface area contributed by atoms with E-state index in [0.29, 0.717) is 11.3 Å². The fourth-order valence-electron chi connectivity index (χ4n) is 6.88. The quantitative estimate of drug-likeness (QED) is 0.271. The summed E-state index contributed by atoms with van der Waals surface area (Å²) in [6, 6.07) is 0. The maximum absolute atomic E-state index is 2.74. The molecule has 31 heavy (non-hydrogen) atoms. The van der Waals surface area contributed by atoms with Crippen molar-refractivity contribution in [3.8, 4) is 0 Å². The van der Waals surface area contributed by atoms with E-state index in [-0.39, 0.29) is 0 Å². The molecule has 7 unspecified atom stereocenters. The van der Waals surface area contributed by atoms with Crippen LogP contribution in [0, 0.1) is 46.8 Å². The number of rotatable bonds is 12. The van der Waals surface area contributed by atoms with Gasteiger partial charge in [0.15, 0.2) is 0 Å². The molecule has 0 nitrogen and oxygen atoms in total. The highest BCUT2D eigenvalue weighted by Gasteiger charge is 2.50. The maximum Gasteiger partial charge on any atom is -0.0146 e. The molecule has 7 atom stereocenters. The smallest absolute Gasteiger partial charge is 0.0146 e. The molecule has 0 aromatic carbocycles. The van der Waals surface area contributed by atoms with E-state index in [1.165, 1.54) is 70.6 Å². The van der Waals surface area contributed by atoms with Gasteiger partial charge in [0, 0.05) is 0 Å². The maximum atomic E-state index is 2.74. The third-order valence-electron chi connectivity index (χ3n) is 9.52. The predicted octanol–water partition coefficient (Wildman–Crippen LogP) is 10.2. The number of hydrogen-bond donors (Lipinski definition) is 0. The first-order chi connectivity index (χ1) is 14.7. The fourth-order valence-corrected chi connectivity index (χ4v) is 6.88. The van der Waals surface area contributed by atoms with E-state index in [0.717, 1.165) is 35.5 Å². The predicted molar refractivity (Wildman–Crippen MR) is 140 cm³/mol. The minimum absolute atomic E-state index is 0.533. The van der Waals surface area contributed by atoms with Gasteiger partial charge < -0.3 is 0 Å². The van der Waals surface area contributed by atoms with Crippen LogP contribution in [0.15, 0.2) is 23.8 Å². The molecule has 180 valence electrons. The van der Waals surface area contributed by atoms with E-state index in [2.05, 4.69) is 73.6 Å². The molecule has 0 aromatic rings. The number of allylic oxidation sites excluding steroid dienone is 4. The zero-order chi connectivity index (χ0) is 23.0. The van der Waals surface area contributed by atoms with Crippen LogP contribution in [0.4, 0.5) is 0 Å². The average Bonchev–Trinajstić information content (AvgIpc) is 3.10. The molecule has 0 spiro atoms. The van der Waals surface area contributed by atoms with Gasteiger partial charge in [-0.25, -0.2) is 0 Å². The minimum Gasteiger partial charge on any atom is -0.0852 e. The standard InChI is InChI=1S/C31H56/c1-9-11-13-24(5)22-27(10-2)17-18-28-14-12-21-31(8)29(19-20-30(28)31)26(7)16-15-25(6)23(3)4/h15-16,18,23-27,29-30H,9-14,17,19-22H2,1-8H3. The first kappa shape index (κ1) is 26.7. The first-order valence-electron chi connectivity index (χ1n) is 14.1. The second-order valence-electron chi connectivity index (χ2n) is 12.2. The van der Waals surface area contributed by atoms with Gasteiger partial charge in [0.25, 0.3) is 0 Å². The van der Waals surface area contributed by atoms with Crippen molar-refractivity contribution in [2.24, 2.45) is 46.8 Å². The third kappa shape index (κ3) is 7.23. The van der Waals surface area contributed by atoms with Gasteiger partial charge in [0.05, 0.1) is 0 Å². The highest BCUT2D eigenvalue weighted by Crippen LogP contribution is 2.59. The molecular weight excluding hydrogens is 372 g/mol. The van der Waals surface area contributed by atoms with Crippen molar-refractivity contribution in [2.45, 2.75) is 126 Å². The van der Waals surface area contributed by atoms with Crippen molar-refractivity contribution in [1.82, 2.24) is 0 Å². The molecule has 0 saturated heterocycles. The van der Waals surface area contributed by atoms with Crippen LogP contribution in [0.5, 0.6) is 0 Å². The molecule has 0 aromatic heterocycles. The molecule has 2 fully saturated rings. The van der Waals surface area contributed by atoms with Crippen LogP contribution in [0.25, 0.3) is 0 Å². The van der Waals surface area contributed by atoms with Crippen molar-refractivity contribution in [1.29, 1.82) is 0 Å². The second-order valence-corrected chi connectivity index (χ2v) is 12.2. The summed E-state index contributed by atoms with van der Waals surface area (Å²) >= 11 is 0. The Balaban J connectivity index is 2.02. The summed E-state index contributed by atoms with van der Waals surface area (Å²) in [5.74, 6) is 5.68. The second kappa shape index (κ2) is 12.6. The molecule has 2 rings (SSSR count). The molecule has 2 aliphatic carbocycles. The summed E-state index contributed by atoms with van der Waals surface area (Å²) < 4.78 is 0. The van der Waals surface area contributed by atoms with Gasteiger partial charge in [-0.2, -0.15) is 0 Å². The van der Waals surface area contributed by atoms with E-state index in [1.807, 2.05) is 5.57 Å². The highest BCUT2D eigenvalue weighted by molar-refractivity contribution is 5.19. The van der Waals surface area contributed by atoms with E-state index in [4.69, 9.17) is 0 Å². The SMILES string of the molecule is CCCCC(C)CC(CC)CC=C1CCCC2(C)C1CCC2C(C)C=CC(C)C(C)C. The average molecular weight is 429 g/mol. The van der Waals surface area contributed by atoms with Crippen LogP contribution in [-0.4, -0.2) is 0 Å². The molecule has 0 N–H and O–H groups in total. The summed E-state index contributed by atoms with van der Waals surface area (Å²) in [6.45, 7) is 19.5. The van der Waals surface area contributed by atoms with Gasteiger partial charge in [-0.15, -0.1) is 0 Å². The molecular formula is C31H56. The first-order valence-corrected chi connectivity index (χ1v) is 14.1. The van der Waals surface area contributed by atoms with Gasteiger partial charge in [0.1, 0.15) is 0 Å². The summed E-state index contributed by atoms with van der Waals surface area (Å²) in [7, 11) is 0. The number of unbranched alkanes of at least 4 members (excludes halogenated alkanes) is 1. The zero-order valence-corrected chi connectivity index (χ0v) is 22.6. The van der Waals surface area contributed by atoms with Gasteiger partial charge in [-0.05, 0) is 91.8 Å². The van der Waals surface area contributed by atoms with Crippen LogP contribution in [0.2, 0.25) is 0 Å². The summed E-state index contributed by atoms with van der Waals surface area (Å²) in [6.07, 6.45) is 23.2. The topological polar surface area (TPSA) is 0 Å². The number of fused-ring (bicyclic) bond motifs is 1. The third-order valence-corrected chi connectivity index (χ3v) is 9.52. The monoisotopic (exact) mass is 428 g/mol. The van der Waals surface area contributed by atoms with E-state index >= 15 is 0 Å². The Kier molecular flexibility index (Phi) is 10.9. The molecule has 0 heterocycles. The molecule has 0 aliphatic heterocycles. The van der Waals surface area contributed by atoms with E-state index in [9.17, 15) is 0 Å². The summed E-state index contributed by atoms with van der Waals surface area (Å²) in [4.78, 5) is 0. The van der Waals surface area contributed by atoms with Gasteiger partial charge in [0.2, 0.25) is 0 Å². The lowest BCUT2D eigenvalue weighted by Crippen LogP contribution is -2.35. The van der Waals surface area contributed by atoms with Crippen molar-refractivity contribution in [3.63, 3.8) is 0 Å². The van der Waals surface area contributed by atoms with Gasteiger partial charge in [-0.1, -0.05) is 105 Å². The van der Waals surface area contributed by atoms with Crippen molar-refractivity contribution >= 4 is 0 Å². The molecule has 2 saturated carbocycles. The Hall–Kier alpha value is -0.520. The van der Waals surface area contributed by atoms with Gasteiger partial charge >= 0.3 is 0 Å². The van der Waals surface area contributed by atoms with Crippen LogP contribution in [-0.2, 0) is 0 Å².